The normalized spacial score (nSPS) is 13.7. The van der Waals surface area contributed by atoms with Gasteiger partial charge in [0, 0.05) is 33.2 Å². The fourth-order valence-corrected chi connectivity index (χ4v) is 3.63. The Kier molecular flexibility index (Phi) is 7.16. The van der Waals surface area contributed by atoms with Crippen LogP contribution < -0.4 is 20.5 Å². The van der Waals surface area contributed by atoms with Crippen molar-refractivity contribution in [3.05, 3.63) is 40.2 Å². The summed E-state index contributed by atoms with van der Waals surface area (Å²) in [5.74, 6) is 2.12. The number of imidazole rings is 1. The van der Waals surface area contributed by atoms with Crippen molar-refractivity contribution in [2.24, 2.45) is 7.05 Å². The zero-order valence-corrected chi connectivity index (χ0v) is 19.8. The maximum Gasteiger partial charge on any atom is 0.491 e. The molecular formula is C23H21F3N6O5. The maximum atomic E-state index is 13.3. The van der Waals surface area contributed by atoms with Crippen LogP contribution in [0.4, 0.5) is 19.1 Å². The number of hydrogen-bond donors (Lipinski definition) is 1. The van der Waals surface area contributed by atoms with Crippen LogP contribution in [0.15, 0.2) is 29.1 Å². The minimum absolute atomic E-state index is 0.0330. The first kappa shape index (κ1) is 25.7. The second-order valence-electron chi connectivity index (χ2n) is 7.90. The molecule has 2 aromatic heterocycles. The number of esters is 2. The van der Waals surface area contributed by atoms with Crippen LogP contribution in [0, 0.1) is 11.8 Å². The van der Waals surface area contributed by atoms with Gasteiger partial charge in [-0.05, 0) is 25.1 Å². The molecule has 0 bridgehead atoms. The highest BCUT2D eigenvalue weighted by Gasteiger charge is 2.42. The molecule has 1 saturated heterocycles. The van der Waals surface area contributed by atoms with Gasteiger partial charge in [-0.1, -0.05) is 12.0 Å². The van der Waals surface area contributed by atoms with Crippen LogP contribution in [-0.4, -0.2) is 63.4 Å². The van der Waals surface area contributed by atoms with Gasteiger partial charge in [-0.25, -0.2) is 9.59 Å². The molecule has 0 radical (unpaired) electrons. The Labute approximate surface area is 207 Å². The van der Waals surface area contributed by atoms with Crippen LogP contribution in [-0.2, 0) is 23.1 Å². The second kappa shape index (κ2) is 10.3. The van der Waals surface area contributed by atoms with Gasteiger partial charge in [-0.15, -0.1) is 5.92 Å². The molecule has 3 aromatic rings. The molecule has 3 heterocycles. The van der Waals surface area contributed by atoms with Crippen LogP contribution in [0.1, 0.15) is 17.3 Å². The number of halogens is 3. The van der Waals surface area contributed by atoms with Crippen molar-refractivity contribution in [3.63, 3.8) is 0 Å². The lowest BCUT2D eigenvalue weighted by Gasteiger charge is -2.28. The number of ether oxygens (including phenoxy) is 2. The van der Waals surface area contributed by atoms with E-state index in [9.17, 15) is 27.6 Å². The summed E-state index contributed by atoms with van der Waals surface area (Å²) in [5, 5.41) is 3.25. The number of piperazine rings is 1. The van der Waals surface area contributed by atoms with Gasteiger partial charge in [0.2, 0.25) is 5.95 Å². The number of anilines is 1. The summed E-state index contributed by atoms with van der Waals surface area (Å²) in [6.45, 7) is 4.75. The van der Waals surface area contributed by atoms with Crippen molar-refractivity contribution in [1.82, 2.24) is 24.4 Å². The molecule has 1 aliphatic heterocycles. The average molecular weight is 518 g/mol. The molecule has 1 N–H and O–H groups in total. The van der Waals surface area contributed by atoms with Crippen LogP contribution >= 0.6 is 0 Å². The van der Waals surface area contributed by atoms with Crippen molar-refractivity contribution in [3.8, 4) is 23.6 Å². The van der Waals surface area contributed by atoms with Gasteiger partial charge >= 0.3 is 24.1 Å². The first-order valence-electron chi connectivity index (χ1n) is 11.0. The van der Waals surface area contributed by atoms with Gasteiger partial charge in [0.15, 0.2) is 11.2 Å². The predicted molar refractivity (Wildman–Crippen MR) is 124 cm³/mol. The second-order valence-corrected chi connectivity index (χ2v) is 7.90. The number of carbonyl (C=O) groups excluding carboxylic acids is 2. The number of fused-ring (bicyclic) bond motifs is 1. The van der Waals surface area contributed by atoms with E-state index in [2.05, 4.69) is 31.9 Å². The molecule has 37 heavy (non-hydrogen) atoms. The molecule has 0 atom stereocenters. The third-order valence-electron chi connectivity index (χ3n) is 5.43. The van der Waals surface area contributed by atoms with E-state index in [0.717, 1.165) is 29.8 Å². The predicted octanol–water partition coefficient (Wildman–Crippen LogP) is 1.60. The monoisotopic (exact) mass is 518 g/mol. The zero-order chi connectivity index (χ0) is 26.7. The molecule has 1 aromatic carbocycles. The highest BCUT2D eigenvalue weighted by Crippen LogP contribution is 2.25. The molecule has 1 aliphatic rings. The number of alkyl halides is 3. The number of nitrogens with zero attached hydrogens (tertiary/aromatic N) is 5. The molecule has 1 fully saturated rings. The highest BCUT2D eigenvalue weighted by molar-refractivity contribution is 5.98. The fraction of sp³-hybridized carbons (Fsp3) is 0.348. The van der Waals surface area contributed by atoms with Gasteiger partial charge in [0.1, 0.15) is 5.75 Å². The van der Waals surface area contributed by atoms with Crippen LogP contribution in [0.5, 0.6) is 11.8 Å². The summed E-state index contributed by atoms with van der Waals surface area (Å²) in [6, 6.07) is 4.73. The Morgan fingerprint density at radius 1 is 1.19 bits per heavy atom. The Morgan fingerprint density at radius 3 is 2.59 bits per heavy atom. The third-order valence-corrected chi connectivity index (χ3v) is 5.43. The summed E-state index contributed by atoms with van der Waals surface area (Å²) in [4.78, 5) is 47.2. The van der Waals surface area contributed by atoms with Crippen molar-refractivity contribution in [2.75, 3.05) is 31.1 Å². The number of nitrogens with one attached hydrogen (secondary N) is 1. The Balaban J connectivity index is 1.69. The lowest BCUT2D eigenvalue weighted by atomic mass is 10.2. The van der Waals surface area contributed by atoms with E-state index >= 15 is 0 Å². The number of carbonyl (C=O) groups is 2. The van der Waals surface area contributed by atoms with E-state index in [1.165, 1.54) is 19.2 Å². The Morgan fingerprint density at radius 2 is 1.92 bits per heavy atom. The van der Waals surface area contributed by atoms with Gasteiger partial charge in [-0.3, -0.25) is 13.9 Å². The minimum Gasteiger partial charge on any atom is -0.425 e. The molecule has 0 aliphatic carbocycles. The Hall–Kier alpha value is -4.38. The molecule has 0 amide bonds. The molecule has 4 rings (SSSR count). The standard InChI is InChI=1S/C23H21F3N6O5/c1-3-4-10-32-16-17(28-21(32)31-11-8-27-9-12-31)29-22(30(2)18(16)33)36-15-7-5-6-14(13-15)19(34)37-20(35)23(24,25)26/h5-7,13,27H,8-12H2,1-2H3. The zero-order valence-electron chi connectivity index (χ0n) is 19.8. The van der Waals surface area contributed by atoms with E-state index in [1.807, 2.05) is 4.90 Å². The molecule has 14 heteroatoms. The van der Waals surface area contributed by atoms with E-state index < -0.39 is 23.7 Å². The smallest absolute Gasteiger partial charge is 0.425 e. The largest absolute Gasteiger partial charge is 0.491 e. The first-order chi connectivity index (χ1) is 17.6. The summed E-state index contributed by atoms with van der Waals surface area (Å²) in [5.41, 5.74) is -0.479. The molecule has 11 nitrogen and oxygen atoms in total. The molecule has 194 valence electrons. The van der Waals surface area contributed by atoms with E-state index in [0.29, 0.717) is 19.0 Å². The fourth-order valence-electron chi connectivity index (χ4n) is 3.63. The van der Waals surface area contributed by atoms with Gasteiger partial charge in [0.25, 0.3) is 5.56 Å². The number of rotatable bonds is 5. The van der Waals surface area contributed by atoms with Crippen molar-refractivity contribution in [1.29, 1.82) is 0 Å². The topological polar surface area (TPSA) is 121 Å². The van der Waals surface area contributed by atoms with Crippen LogP contribution in [0.2, 0.25) is 0 Å². The summed E-state index contributed by atoms with van der Waals surface area (Å²) in [6.07, 6.45) is -5.32. The number of hydrogen-bond acceptors (Lipinski definition) is 9. The maximum absolute atomic E-state index is 13.3. The van der Waals surface area contributed by atoms with Crippen molar-refractivity contribution in [2.45, 2.75) is 19.6 Å². The van der Waals surface area contributed by atoms with Crippen LogP contribution in [0.3, 0.4) is 0 Å². The molecular weight excluding hydrogens is 497 g/mol. The van der Waals surface area contributed by atoms with Gasteiger partial charge < -0.3 is 19.7 Å². The highest BCUT2D eigenvalue weighted by atomic mass is 19.4. The molecule has 0 spiro atoms. The first-order valence-corrected chi connectivity index (χ1v) is 11.0. The minimum atomic E-state index is -5.32. The number of benzene rings is 1. The van der Waals surface area contributed by atoms with Crippen molar-refractivity contribution >= 4 is 29.1 Å². The lowest BCUT2D eigenvalue weighted by molar-refractivity contribution is -0.193. The van der Waals surface area contributed by atoms with Gasteiger partial charge in [-0.2, -0.15) is 23.1 Å². The third kappa shape index (κ3) is 5.41. The lowest BCUT2D eigenvalue weighted by Crippen LogP contribution is -2.44. The van der Waals surface area contributed by atoms with E-state index in [-0.39, 0.29) is 35.0 Å². The number of aromatic nitrogens is 4. The van der Waals surface area contributed by atoms with Crippen LogP contribution in [0.25, 0.3) is 11.2 Å². The molecule has 0 unspecified atom stereocenters. The van der Waals surface area contributed by atoms with E-state index in [1.54, 1.807) is 11.5 Å². The Bertz CT molecular complexity index is 1480. The summed E-state index contributed by atoms with van der Waals surface area (Å²) < 4.78 is 49.6. The van der Waals surface area contributed by atoms with Gasteiger partial charge in [0.05, 0.1) is 12.1 Å². The van der Waals surface area contributed by atoms with Crippen molar-refractivity contribution < 1.29 is 32.2 Å². The average Bonchev–Trinajstić information content (AvgIpc) is 3.24. The molecule has 0 saturated carbocycles. The summed E-state index contributed by atoms with van der Waals surface area (Å²) >= 11 is 0. The summed E-state index contributed by atoms with van der Waals surface area (Å²) in [7, 11) is 1.43. The van der Waals surface area contributed by atoms with E-state index in [4.69, 9.17) is 4.74 Å². The quantitative estimate of drug-likeness (QED) is 0.305. The SMILES string of the molecule is CC#CCn1c(N2CCNCC2)nc2nc(Oc3cccc(C(=O)OC(=O)C(F)(F)F)c3)n(C)c(=O)c21.